The Morgan fingerprint density at radius 2 is 1.77 bits per heavy atom. The number of allylic oxidation sites excluding steroid dienone is 1. The van der Waals surface area contributed by atoms with Crippen LogP contribution in [0.15, 0.2) is 75.0 Å². The molecule has 3 aromatic rings. The summed E-state index contributed by atoms with van der Waals surface area (Å²) in [7, 11) is 0. The molecule has 0 aliphatic carbocycles. The summed E-state index contributed by atoms with van der Waals surface area (Å²) in [4.78, 5) is 0. The fourth-order valence-corrected chi connectivity index (χ4v) is 4.86. The maximum absolute atomic E-state index is 13.1. The normalized spacial score (nSPS) is 15.1. The molecule has 0 unspecified atom stereocenters. The van der Waals surface area contributed by atoms with Crippen molar-refractivity contribution in [3.05, 3.63) is 97.5 Å². The van der Waals surface area contributed by atoms with Crippen molar-refractivity contribution in [2.45, 2.75) is 12.5 Å². The highest BCUT2D eigenvalue weighted by Crippen LogP contribution is 2.46. The number of nitrogens with two attached hydrogens (primary N) is 1. The van der Waals surface area contributed by atoms with Crippen molar-refractivity contribution in [3.8, 4) is 23.3 Å². The van der Waals surface area contributed by atoms with Crippen LogP contribution in [0.2, 0.25) is 0 Å². The molecular formula is C23H15Br2FN2O3. The quantitative estimate of drug-likeness (QED) is 0.429. The number of nitriles is 1. The first-order chi connectivity index (χ1) is 14.9. The van der Waals surface area contributed by atoms with Gasteiger partial charge in [0.05, 0.1) is 14.9 Å². The minimum Gasteiger partial charge on any atom is -0.508 e. The van der Waals surface area contributed by atoms with Crippen LogP contribution in [0.1, 0.15) is 22.6 Å². The molecule has 1 heterocycles. The Labute approximate surface area is 194 Å². The third-order valence-corrected chi connectivity index (χ3v) is 6.03. The molecule has 0 spiro atoms. The molecule has 0 aromatic heterocycles. The lowest BCUT2D eigenvalue weighted by Crippen LogP contribution is -2.21. The largest absolute Gasteiger partial charge is 0.508 e. The van der Waals surface area contributed by atoms with Gasteiger partial charge < -0.3 is 20.3 Å². The van der Waals surface area contributed by atoms with Gasteiger partial charge in [0.2, 0.25) is 5.88 Å². The Kier molecular flexibility index (Phi) is 5.90. The van der Waals surface area contributed by atoms with Gasteiger partial charge in [-0.1, -0.05) is 18.2 Å². The molecule has 1 aliphatic heterocycles. The van der Waals surface area contributed by atoms with Gasteiger partial charge in [0, 0.05) is 11.6 Å². The second-order valence-electron chi connectivity index (χ2n) is 6.88. The highest BCUT2D eigenvalue weighted by Gasteiger charge is 2.31. The highest BCUT2D eigenvalue weighted by atomic mass is 79.9. The molecule has 0 bridgehead atoms. The minimum atomic E-state index is -0.479. The number of nitrogens with zero attached hydrogens (tertiary/aromatic N) is 1. The Hall–Kier alpha value is -3.02. The predicted octanol–water partition coefficient (Wildman–Crippen LogP) is 5.85. The van der Waals surface area contributed by atoms with Crippen LogP contribution in [0.4, 0.5) is 4.39 Å². The van der Waals surface area contributed by atoms with Crippen LogP contribution in [-0.4, -0.2) is 5.11 Å². The van der Waals surface area contributed by atoms with Crippen LogP contribution in [0.25, 0.3) is 0 Å². The maximum atomic E-state index is 13.1. The molecule has 1 atom stereocenters. The summed E-state index contributed by atoms with van der Waals surface area (Å²) < 4.78 is 25.9. The summed E-state index contributed by atoms with van der Waals surface area (Å²) >= 11 is 7.08. The number of hydrogen-bond acceptors (Lipinski definition) is 5. The molecule has 0 saturated carbocycles. The first-order valence-electron chi connectivity index (χ1n) is 9.14. The number of ether oxygens (including phenoxy) is 2. The minimum absolute atomic E-state index is 0.00511. The van der Waals surface area contributed by atoms with Gasteiger partial charge >= 0.3 is 0 Å². The lowest BCUT2D eigenvalue weighted by atomic mass is 9.83. The number of rotatable bonds is 4. The maximum Gasteiger partial charge on any atom is 0.205 e. The van der Waals surface area contributed by atoms with Crippen molar-refractivity contribution in [1.82, 2.24) is 0 Å². The summed E-state index contributed by atoms with van der Waals surface area (Å²) in [6.07, 6.45) is 0. The van der Waals surface area contributed by atoms with E-state index in [1.165, 1.54) is 24.3 Å². The van der Waals surface area contributed by atoms with E-state index in [0.29, 0.717) is 26.0 Å². The van der Waals surface area contributed by atoms with Gasteiger partial charge in [0.1, 0.15) is 41.3 Å². The summed E-state index contributed by atoms with van der Waals surface area (Å²) in [6.45, 7) is 0.256. The number of fused-ring (bicyclic) bond motifs is 1. The van der Waals surface area contributed by atoms with Gasteiger partial charge in [-0.3, -0.25) is 0 Å². The molecule has 8 heteroatoms. The van der Waals surface area contributed by atoms with Gasteiger partial charge in [-0.25, -0.2) is 4.39 Å². The lowest BCUT2D eigenvalue weighted by molar-refractivity contribution is 0.302. The van der Waals surface area contributed by atoms with Crippen LogP contribution in [0.3, 0.4) is 0 Å². The summed E-state index contributed by atoms with van der Waals surface area (Å²) in [5.41, 5.74) is 8.58. The number of phenols is 1. The van der Waals surface area contributed by atoms with E-state index in [2.05, 4.69) is 37.9 Å². The van der Waals surface area contributed by atoms with E-state index in [1.807, 2.05) is 12.1 Å². The summed E-state index contributed by atoms with van der Waals surface area (Å²) in [5.74, 6) is 0.216. The standard InChI is InChI=1S/C23H15Br2FN2O3/c24-18-7-13(8-19(25)22(18)30-11-12-1-3-14(26)4-2-12)21-16-6-5-15(29)9-20(16)31-23(28)17(21)10-27/h1-9,21,29H,11,28H2/t21-/m0/s1. The van der Waals surface area contributed by atoms with Crippen LogP contribution >= 0.6 is 31.9 Å². The van der Waals surface area contributed by atoms with Crippen LogP contribution in [-0.2, 0) is 6.61 Å². The molecule has 1 aliphatic rings. The molecule has 31 heavy (non-hydrogen) atoms. The van der Waals surface area contributed by atoms with Crippen molar-refractivity contribution in [2.24, 2.45) is 5.73 Å². The number of aromatic hydroxyl groups is 1. The molecular weight excluding hydrogens is 531 g/mol. The summed E-state index contributed by atoms with van der Waals surface area (Å²) in [5, 5.41) is 19.5. The topological polar surface area (TPSA) is 88.5 Å². The van der Waals surface area contributed by atoms with E-state index in [9.17, 15) is 14.8 Å². The van der Waals surface area contributed by atoms with E-state index >= 15 is 0 Å². The molecule has 0 amide bonds. The number of benzene rings is 3. The van der Waals surface area contributed by atoms with Crippen molar-refractivity contribution in [3.63, 3.8) is 0 Å². The molecule has 156 valence electrons. The van der Waals surface area contributed by atoms with Crippen LogP contribution in [0, 0.1) is 17.1 Å². The molecule has 5 nitrogen and oxygen atoms in total. The molecule has 0 radical (unpaired) electrons. The Morgan fingerprint density at radius 1 is 1.10 bits per heavy atom. The highest BCUT2D eigenvalue weighted by molar-refractivity contribution is 9.11. The van der Waals surface area contributed by atoms with Gasteiger partial charge in [0.15, 0.2) is 0 Å². The van der Waals surface area contributed by atoms with Crippen molar-refractivity contribution < 1.29 is 19.0 Å². The predicted molar refractivity (Wildman–Crippen MR) is 120 cm³/mol. The Morgan fingerprint density at radius 3 is 2.42 bits per heavy atom. The number of phenolic OH excluding ortho intramolecular Hbond substituents is 1. The first-order valence-corrected chi connectivity index (χ1v) is 10.7. The van der Waals surface area contributed by atoms with Gasteiger partial charge in [0.25, 0.3) is 0 Å². The van der Waals surface area contributed by atoms with E-state index in [-0.39, 0.29) is 29.6 Å². The van der Waals surface area contributed by atoms with E-state index < -0.39 is 5.92 Å². The van der Waals surface area contributed by atoms with E-state index in [4.69, 9.17) is 15.2 Å². The zero-order chi connectivity index (χ0) is 22.1. The van der Waals surface area contributed by atoms with Gasteiger partial charge in [-0.2, -0.15) is 5.26 Å². The lowest BCUT2D eigenvalue weighted by Gasteiger charge is -2.27. The second kappa shape index (κ2) is 8.61. The fourth-order valence-electron chi connectivity index (χ4n) is 3.41. The second-order valence-corrected chi connectivity index (χ2v) is 8.58. The Balaban J connectivity index is 1.70. The average Bonchev–Trinajstić information content (AvgIpc) is 2.73. The molecule has 3 N–H and O–H groups in total. The smallest absolute Gasteiger partial charge is 0.205 e. The third kappa shape index (κ3) is 4.24. The van der Waals surface area contributed by atoms with Crippen molar-refractivity contribution in [1.29, 1.82) is 5.26 Å². The van der Waals surface area contributed by atoms with Crippen molar-refractivity contribution >= 4 is 31.9 Å². The average molecular weight is 546 g/mol. The SMILES string of the molecule is N#CC1=C(N)Oc2cc(O)ccc2[C@@H]1c1cc(Br)c(OCc2ccc(F)cc2)c(Br)c1. The van der Waals surface area contributed by atoms with Crippen LogP contribution < -0.4 is 15.2 Å². The van der Waals surface area contributed by atoms with Crippen molar-refractivity contribution in [2.75, 3.05) is 0 Å². The van der Waals surface area contributed by atoms with Gasteiger partial charge in [-0.15, -0.1) is 0 Å². The monoisotopic (exact) mass is 544 g/mol. The van der Waals surface area contributed by atoms with E-state index in [1.54, 1.807) is 18.2 Å². The molecule has 0 fully saturated rings. The van der Waals surface area contributed by atoms with Crippen LogP contribution in [0.5, 0.6) is 17.2 Å². The molecule has 3 aromatic carbocycles. The fraction of sp³-hybridized carbons (Fsp3) is 0.0870. The molecule has 4 rings (SSSR count). The van der Waals surface area contributed by atoms with E-state index in [0.717, 1.165) is 11.1 Å². The zero-order valence-electron chi connectivity index (χ0n) is 15.9. The number of hydrogen-bond donors (Lipinski definition) is 2. The number of halogens is 3. The first kappa shape index (κ1) is 21.2. The third-order valence-electron chi connectivity index (χ3n) is 4.85. The van der Waals surface area contributed by atoms with Gasteiger partial charge in [-0.05, 0) is 73.3 Å². The Bertz CT molecular complexity index is 1210. The molecule has 0 saturated heterocycles. The summed E-state index contributed by atoms with van der Waals surface area (Å²) in [6, 6.07) is 16.6. The zero-order valence-corrected chi connectivity index (χ0v) is 19.1.